The number of aryl methyl sites for hydroxylation is 1. The molecule has 9 heteroatoms. The number of carbonyl (C=O) groups excluding carboxylic acids is 3. The highest BCUT2D eigenvalue weighted by Gasteiger charge is 2.24. The number of H-pyrrole nitrogens is 1. The highest BCUT2D eigenvalue weighted by molar-refractivity contribution is 7.21. The molecule has 5 rings (SSSR count). The Balaban J connectivity index is 1.18. The molecule has 8 nitrogen and oxygen atoms in total. The Bertz CT molecular complexity index is 1640. The van der Waals surface area contributed by atoms with Crippen LogP contribution in [0.15, 0.2) is 72.9 Å². The van der Waals surface area contributed by atoms with E-state index in [1.165, 1.54) is 12.5 Å². The summed E-state index contributed by atoms with van der Waals surface area (Å²) in [5.74, 6) is -1.52. The highest BCUT2D eigenvalue weighted by atomic mass is 32.1. The van der Waals surface area contributed by atoms with Gasteiger partial charge in [0.1, 0.15) is 11.0 Å². The van der Waals surface area contributed by atoms with Gasteiger partial charge in [-0.05, 0) is 60.5 Å². The predicted molar refractivity (Wildman–Crippen MR) is 149 cm³/mol. The van der Waals surface area contributed by atoms with Gasteiger partial charge in [0.15, 0.2) is 6.61 Å². The maximum Gasteiger partial charge on any atom is 0.329 e. The fourth-order valence-corrected chi connectivity index (χ4v) is 5.31. The van der Waals surface area contributed by atoms with Crippen molar-refractivity contribution in [1.29, 1.82) is 0 Å². The largest absolute Gasteiger partial charge is 0.454 e. The van der Waals surface area contributed by atoms with Crippen molar-refractivity contribution in [2.75, 3.05) is 11.9 Å². The van der Waals surface area contributed by atoms with Crippen molar-refractivity contribution >= 4 is 55.9 Å². The number of fused-ring (bicyclic) bond motifs is 2. The lowest BCUT2D eigenvalue weighted by Gasteiger charge is -2.16. The molecule has 192 valence electrons. The van der Waals surface area contributed by atoms with Crippen LogP contribution in [0.1, 0.15) is 18.1 Å². The lowest BCUT2D eigenvalue weighted by Crippen LogP contribution is -2.43. The molecule has 5 aromatic rings. The number of benzene rings is 3. The summed E-state index contributed by atoms with van der Waals surface area (Å²) in [6, 6.07) is 20.3. The van der Waals surface area contributed by atoms with E-state index in [-0.39, 0.29) is 12.3 Å². The summed E-state index contributed by atoms with van der Waals surface area (Å²) in [4.78, 5) is 44.8. The summed E-state index contributed by atoms with van der Waals surface area (Å²) in [6.07, 6.45) is 2.04. The minimum atomic E-state index is -0.920. The second-order valence-electron chi connectivity index (χ2n) is 9.04. The first-order chi connectivity index (χ1) is 18.4. The van der Waals surface area contributed by atoms with Crippen LogP contribution < -0.4 is 10.6 Å². The fraction of sp³-hybridized carbons (Fsp3) is 0.172. The first kappa shape index (κ1) is 25.2. The zero-order chi connectivity index (χ0) is 26.6. The van der Waals surface area contributed by atoms with Gasteiger partial charge < -0.3 is 20.4 Å². The molecule has 0 aliphatic rings. The number of aromatic amines is 1. The number of amides is 2. The Morgan fingerprint density at radius 1 is 1.05 bits per heavy atom. The molecule has 1 atom stereocenters. The molecule has 3 aromatic carbocycles. The van der Waals surface area contributed by atoms with Crippen LogP contribution in [-0.4, -0.2) is 40.4 Å². The molecule has 0 fully saturated rings. The average Bonchev–Trinajstić information content (AvgIpc) is 3.51. The summed E-state index contributed by atoms with van der Waals surface area (Å²) in [5.41, 5.74) is 5.46. The number of aromatic nitrogens is 2. The second kappa shape index (κ2) is 10.9. The van der Waals surface area contributed by atoms with Gasteiger partial charge in [-0.25, -0.2) is 9.78 Å². The average molecular weight is 527 g/mol. The van der Waals surface area contributed by atoms with Gasteiger partial charge in [-0.1, -0.05) is 24.3 Å². The van der Waals surface area contributed by atoms with Crippen molar-refractivity contribution < 1.29 is 19.1 Å². The van der Waals surface area contributed by atoms with Gasteiger partial charge in [0.25, 0.3) is 5.91 Å². The quantitative estimate of drug-likeness (QED) is 0.247. The number of anilines is 1. The number of esters is 1. The third-order valence-corrected chi connectivity index (χ3v) is 7.13. The molecular weight excluding hydrogens is 500 g/mol. The van der Waals surface area contributed by atoms with Crippen LogP contribution in [0.2, 0.25) is 0 Å². The topological polar surface area (TPSA) is 113 Å². The normalized spacial score (nSPS) is 11.8. The number of ether oxygens (including phenoxy) is 1. The van der Waals surface area contributed by atoms with Crippen molar-refractivity contribution in [3.63, 3.8) is 0 Å². The second-order valence-corrected chi connectivity index (χ2v) is 10.1. The van der Waals surface area contributed by atoms with Gasteiger partial charge in [0, 0.05) is 41.7 Å². The molecule has 0 aliphatic carbocycles. The Labute approximate surface area is 223 Å². The maximum absolute atomic E-state index is 12.8. The van der Waals surface area contributed by atoms with E-state index in [1.807, 2.05) is 48.5 Å². The molecule has 0 saturated carbocycles. The molecule has 0 unspecified atom stereocenters. The molecule has 3 N–H and O–H groups in total. The van der Waals surface area contributed by atoms with E-state index in [2.05, 4.69) is 33.6 Å². The number of nitrogens with zero attached hydrogens (tertiary/aromatic N) is 1. The molecule has 2 aromatic heterocycles. The van der Waals surface area contributed by atoms with Crippen LogP contribution in [0.5, 0.6) is 0 Å². The minimum absolute atomic E-state index is 0.233. The van der Waals surface area contributed by atoms with E-state index in [4.69, 9.17) is 4.74 Å². The highest BCUT2D eigenvalue weighted by Crippen LogP contribution is 2.31. The SMILES string of the molecule is CC(=O)N[C@@H](Cc1c[nH]c2ccccc12)C(=O)OCC(=O)Nc1ccc(-c2nc3ccc(C)cc3s2)cc1. The minimum Gasteiger partial charge on any atom is -0.454 e. The number of carbonyl (C=O) groups is 3. The van der Waals surface area contributed by atoms with Crippen molar-refractivity contribution in [2.45, 2.75) is 26.3 Å². The molecule has 0 radical (unpaired) electrons. The summed E-state index contributed by atoms with van der Waals surface area (Å²) in [6.45, 7) is 2.92. The Kier molecular flexibility index (Phi) is 7.19. The van der Waals surface area contributed by atoms with Crippen LogP contribution >= 0.6 is 11.3 Å². The Morgan fingerprint density at radius 2 is 1.84 bits per heavy atom. The number of hydrogen-bond donors (Lipinski definition) is 3. The van der Waals surface area contributed by atoms with Gasteiger partial charge in [-0.3, -0.25) is 9.59 Å². The maximum atomic E-state index is 12.8. The number of thiazole rings is 1. The molecule has 0 spiro atoms. The summed E-state index contributed by atoms with van der Waals surface area (Å²) in [5, 5.41) is 7.22. The van der Waals surface area contributed by atoms with Crippen molar-refractivity contribution in [3.8, 4) is 10.6 Å². The number of nitrogens with one attached hydrogen (secondary N) is 3. The van der Waals surface area contributed by atoms with Crippen LogP contribution in [0.4, 0.5) is 5.69 Å². The van der Waals surface area contributed by atoms with E-state index in [0.29, 0.717) is 5.69 Å². The van der Waals surface area contributed by atoms with Crippen LogP contribution in [0.25, 0.3) is 31.7 Å². The number of hydrogen-bond acceptors (Lipinski definition) is 6. The molecule has 0 saturated heterocycles. The van der Waals surface area contributed by atoms with E-state index >= 15 is 0 Å². The zero-order valence-corrected chi connectivity index (χ0v) is 21.7. The number of rotatable bonds is 8. The van der Waals surface area contributed by atoms with Crippen LogP contribution in [-0.2, 0) is 25.5 Å². The van der Waals surface area contributed by atoms with Crippen molar-refractivity contribution in [2.24, 2.45) is 0 Å². The van der Waals surface area contributed by atoms with E-state index in [9.17, 15) is 14.4 Å². The van der Waals surface area contributed by atoms with Crippen molar-refractivity contribution in [3.05, 3.63) is 84.1 Å². The predicted octanol–water partition coefficient (Wildman–Crippen LogP) is 4.98. The van der Waals surface area contributed by atoms with Gasteiger partial charge in [-0.2, -0.15) is 0 Å². The van der Waals surface area contributed by atoms with Gasteiger partial charge in [0.2, 0.25) is 5.91 Å². The fourth-order valence-electron chi connectivity index (χ4n) is 4.24. The first-order valence-electron chi connectivity index (χ1n) is 12.1. The zero-order valence-electron chi connectivity index (χ0n) is 20.9. The van der Waals surface area contributed by atoms with Gasteiger partial charge in [-0.15, -0.1) is 11.3 Å². The molecule has 2 heterocycles. The third-order valence-electron chi connectivity index (χ3n) is 6.07. The lowest BCUT2D eigenvalue weighted by atomic mass is 10.0. The van der Waals surface area contributed by atoms with Crippen LogP contribution in [0, 0.1) is 6.92 Å². The molecule has 0 aliphatic heterocycles. The molecule has 38 heavy (non-hydrogen) atoms. The molecular formula is C29H26N4O4S. The van der Waals surface area contributed by atoms with Gasteiger partial charge in [0.05, 0.1) is 10.2 Å². The van der Waals surface area contributed by atoms with Gasteiger partial charge >= 0.3 is 5.97 Å². The van der Waals surface area contributed by atoms with Crippen molar-refractivity contribution in [1.82, 2.24) is 15.3 Å². The van der Waals surface area contributed by atoms with E-state index < -0.39 is 24.5 Å². The smallest absolute Gasteiger partial charge is 0.329 e. The third kappa shape index (κ3) is 5.73. The summed E-state index contributed by atoms with van der Waals surface area (Å²) in [7, 11) is 0. The monoisotopic (exact) mass is 526 g/mol. The standard InChI is InChI=1S/C29H26N4O4S/c1-17-7-12-24-26(13-17)38-28(33-24)19-8-10-21(11-9-19)32-27(35)16-37-29(36)25(31-18(2)34)14-20-15-30-23-6-4-3-5-22(20)23/h3-13,15,25,30H,14,16H2,1-2H3,(H,31,34)(H,32,35)/t25-/m0/s1. The number of para-hydroxylation sites is 1. The Hall–Kier alpha value is -4.50. The summed E-state index contributed by atoms with van der Waals surface area (Å²) >= 11 is 1.62. The molecule has 0 bridgehead atoms. The molecule has 2 amide bonds. The Morgan fingerprint density at radius 3 is 2.63 bits per heavy atom. The lowest BCUT2D eigenvalue weighted by molar-refractivity contribution is -0.150. The van der Waals surface area contributed by atoms with Crippen LogP contribution in [0.3, 0.4) is 0 Å². The van der Waals surface area contributed by atoms with E-state index in [0.717, 1.165) is 37.3 Å². The first-order valence-corrected chi connectivity index (χ1v) is 12.9. The summed E-state index contributed by atoms with van der Waals surface area (Å²) < 4.78 is 6.38. The van der Waals surface area contributed by atoms with E-state index in [1.54, 1.807) is 29.7 Å².